The minimum Gasteiger partial charge on any atom is -0.389 e. The van der Waals surface area contributed by atoms with Crippen molar-refractivity contribution in [2.45, 2.75) is 64.0 Å². The van der Waals surface area contributed by atoms with Crippen LogP contribution >= 0.6 is 11.8 Å². The van der Waals surface area contributed by atoms with Crippen LogP contribution in [0.4, 0.5) is 0 Å². The van der Waals surface area contributed by atoms with Gasteiger partial charge in [-0.3, -0.25) is 0 Å². The zero-order valence-corrected chi connectivity index (χ0v) is 11.6. The predicted octanol–water partition coefficient (Wildman–Crippen LogP) is 2.80. The first-order chi connectivity index (χ1) is 7.66. The molecule has 0 radical (unpaired) electrons. The summed E-state index contributed by atoms with van der Waals surface area (Å²) in [6, 6.07) is 0.511. The van der Waals surface area contributed by atoms with E-state index in [0.717, 1.165) is 25.1 Å². The average molecular weight is 245 g/mol. The Bertz CT molecular complexity index is 179. The maximum Gasteiger partial charge on any atom is 0.0771 e. The summed E-state index contributed by atoms with van der Waals surface area (Å²) < 4.78 is 0. The molecule has 2 nitrogen and oxygen atoms in total. The van der Waals surface area contributed by atoms with Crippen LogP contribution in [0.1, 0.15) is 52.4 Å². The molecule has 0 aromatic carbocycles. The van der Waals surface area contributed by atoms with E-state index in [4.69, 9.17) is 0 Å². The van der Waals surface area contributed by atoms with Crippen LogP contribution in [0.15, 0.2) is 0 Å². The predicted molar refractivity (Wildman–Crippen MR) is 73.1 cm³/mol. The highest BCUT2D eigenvalue weighted by atomic mass is 32.2. The number of rotatable bonds is 6. The van der Waals surface area contributed by atoms with Crippen molar-refractivity contribution < 1.29 is 5.11 Å². The van der Waals surface area contributed by atoms with E-state index >= 15 is 0 Å². The summed E-state index contributed by atoms with van der Waals surface area (Å²) in [5.74, 6) is 2.32. The maximum atomic E-state index is 10.5. The van der Waals surface area contributed by atoms with Crippen LogP contribution in [0.25, 0.3) is 0 Å². The Hall–Kier alpha value is 0.270. The molecule has 0 aliphatic heterocycles. The summed E-state index contributed by atoms with van der Waals surface area (Å²) in [6.45, 7) is 5.18. The van der Waals surface area contributed by atoms with E-state index in [9.17, 15) is 5.11 Å². The lowest BCUT2D eigenvalue weighted by Gasteiger charge is -2.28. The highest BCUT2D eigenvalue weighted by Crippen LogP contribution is 2.26. The molecule has 0 saturated heterocycles. The van der Waals surface area contributed by atoms with Gasteiger partial charge >= 0.3 is 0 Å². The van der Waals surface area contributed by atoms with Gasteiger partial charge in [-0.25, -0.2) is 0 Å². The first-order valence-electron chi connectivity index (χ1n) is 6.70. The molecule has 1 fully saturated rings. The van der Waals surface area contributed by atoms with Gasteiger partial charge < -0.3 is 10.4 Å². The van der Waals surface area contributed by atoms with Gasteiger partial charge in [-0.05, 0) is 25.5 Å². The molecule has 1 saturated carbocycles. The molecule has 0 bridgehead atoms. The molecule has 1 aliphatic carbocycles. The highest BCUT2D eigenvalue weighted by Gasteiger charge is 2.27. The van der Waals surface area contributed by atoms with Crippen molar-refractivity contribution in [1.82, 2.24) is 5.32 Å². The van der Waals surface area contributed by atoms with Crippen molar-refractivity contribution in [3.63, 3.8) is 0 Å². The summed E-state index contributed by atoms with van der Waals surface area (Å²) in [7, 11) is 0. The third-order valence-electron chi connectivity index (χ3n) is 3.39. The molecule has 1 unspecified atom stereocenters. The van der Waals surface area contributed by atoms with E-state index in [1.54, 1.807) is 0 Å². The molecule has 2 N–H and O–H groups in total. The molecule has 0 heterocycles. The molecule has 0 aromatic heterocycles. The van der Waals surface area contributed by atoms with Crippen molar-refractivity contribution >= 4 is 11.8 Å². The number of thioether (sulfide) groups is 1. The summed E-state index contributed by atoms with van der Waals surface area (Å²) >= 11 is 1.96. The van der Waals surface area contributed by atoms with Crippen LogP contribution in [0.3, 0.4) is 0 Å². The Morgan fingerprint density at radius 1 is 1.25 bits per heavy atom. The number of hydrogen-bond donors (Lipinski definition) is 2. The third-order valence-corrected chi connectivity index (χ3v) is 4.53. The maximum absolute atomic E-state index is 10.5. The van der Waals surface area contributed by atoms with Gasteiger partial charge in [-0.15, -0.1) is 0 Å². The molecule has 0 amide bonds. The summed E-state index contributed by atoms with van der Waals surface area (Å²) in [4.78, 5) is 0. The zero-order valence-electron chi connectivity index (χ0n) is 10.8. The van der Waals surface area contributed by atoms with Crippen molar-refractivity contribution in [2.75, 3.05) is 18.1 Å². The topological polar surface area (TPSA) is 32.3 Å². The Morgan fingerprint density at radius 2 is 1.88 bits per heavy atom. The SMILES string of the molecule is CCSCC(C)NCC1(O)CCCCCC1. The van der Waals surface area contributed by atoms with Crippen molar-refractivity contribution in [1.29, 1.82) is 0 Å². The molecular formula is C13H27NOS. The van der Waals surface area contributed by atoms with Crippen LogP contribution in [0, 0.1) is 0 Å². The first kappa shape index (κ1) is 14.3. The van der Waals surface area contributed by atoms with Gasteiger partial charge in [0.1, 0.15) is 0 Å². The summed E-state index contributed by atoms with van der Waals surface area (Å²) in [6.07, 6.45) is 6.93. The fraction of sp³-hybridized carbons (Fsp3) is 1.00. The van der Waals surface area contributed by atoms with Crippen LogP contribution in [-0.4, -0.2) is 34.8 Å². The van der Waals surface area contributed by atoms with E-state index in [1.807, 2.05) is 11.8 Å². The highest BCUT2D eigenvalue weighted by molar-refractivity contribution is 7.99. The Labute approximate surface area is 105 Å². The third kappa shape index (κ3) is 5.55. The Balaban J connectivity index is 2.23. The molecular weight excluding hydrogens is 218 g/mol. The van der Waals surface area contributed by atoms with Gasteiger partial charge in [0.05, 0.1) is 5.60 Å². The first-order valence-corrected chi connectivity index (χ1v) is 7.85. The van der Waals surface area contributed by atoms with E-state index < -0.39 is 5.60 Å². The molecule has 0 aromatic rings. The van der Waals surface area contributed by atoms with Gasteiger partial charge in [-0.2, -0.15) is 11.8 Å². The number of nitrogens with one attached hydrogen (secondary N) is 1. The van der Waals surface area contributed by atoms with Gasteiger partial charge in [-0.1, -0.05) is 32.6 Å². The van der Waals surface area contributed by atoms with Crippen LogP contribution in [-0.2, 0) is 0 Å². The molecule has 3 heteroatoms. The lowest BCUT2D eigenvalue weighted by atomic mass is 9.94. The lowest BCUT2D eigenvalue weighted by Crippen LogP contribution is -2.44. The van der Waals surface area contributed by atoms with E-state index in [2.05, 4.69) is 19.2 Å². The van der Waals surface area contributed by atoms with Gasteiger partial charge in [0.15, 0.2) is 0 Å². The largest absolute Gasteiger partial charge is 0.389 e. The second kappa shape index (κ2) is 7.57. The van der Waals surface area contributed by atoms with Gasteiger partial charge in [0, 0.05) is 18.3 Å². The van der Waals surface area contributed by atoms with Crippen molar-refractivity contribution in [3.8, 4) is 0 Å². The minimum absolute atomic E-state index is 0.429. The van der Waals surface area contributed by atoms with Crippen LogP contribution in [0.5, 0.6) is 0 Å². The van der Waals surface area contributed by atoms with Crippen molar-refractivity contribution in [3.05, 3.63) is 0 Å². The average Bonchev–Trinajstić information content (AvgIpc) is 2.49. The minimum atomic E-state index is -0.429. The monoisotopic (exact) mass is 245 g/mol. The molecule has 1 atom stereocenters. The van der Waals surface area contributed by atoms with Gasteiger partial charge in [0.25, 0.3) is 0 Å². The van der Waals surface area contributed by atoms with E-state index in [0.29, 0.717) is 6.04 Å². The Morgan fingerprint density at radius 3 is 2.44 bits per heavy atom. The smallest absolute Gasteiger partial charge is 0.0771 e. The summed E-state index contributed by atoms with van der Waals surface area (Å²) in [5.41, 5.74) is -0.429. The second-order valence-electron chi connectivity index (χ2n) is 5.08. The fourth-order valence-corrected chi connectivity index (χ4v) is 2.99. The molecule has 1 rings (SSSR count). The van der Waals surface area contributed by atoms with Crippen LogP contribution < -0.4 is 5.32 Å². The van der Waals surface area contributed by atoms with E-state index in [1.165, 1.54) is 31.4 Å². The number of hydrogen-bond acceptors (Lipinski definition) is 3. The second-order valence-corrected chi connectivity index (χ2v) is 6.40. The van der Waals surface area contributed by atoms with E-state index in [-0.39, 0.29) is 0 Å². The molecule has 16 heavy (non-hydrogen) atoms. The Kier molecular flexibility index (Phi) is 6.78. The normalized spacial score (nSPS) is 22.7. The quantitative estimate of drug-likeness (QED) is 0.706. The molecule has 0 spiro atoms. The standard InChI is InChI=1S/C13H27NOS/c1-3-16-10-12(2)14-11-13(15)8-6-4-5-7-9-13/h12,14-15H,3-11H2,1-2H3. The van der Waals surface area contributed by atoms with Crippen molar-refractivity contribution in [2.24, 2.45) is 0 Å². The molecule has 1 aliphatic rings. The number of aliphatic hydroxyl groups is 1. The lowest BCUT2D eigenvalue weighted by molar-refractivity contribution is 0.0237. The summed E-state index contributed by atoms with van der Waals surface area (Å²) in [5, 5.41) is 13.9. The van der Waals surface area contributed by atoms with Crippen LogP contribution in [0.2, 0.25) is 0 Å². The fourth-order valence-electron chi connectivity index (χ4n) is 2.28. The van der Waals surface area contributed by atoms with Gasteiger partial charge in [0.2, 0.25) is 0 Å². The zero-order chi connectivity index (χ0) is 11.9. The molecule has 96 valence electrons.